The lowest BCUT2D eigenvalue weighted by atomic mass is 10.1. The molecule has 16 heavy (non-hydrogen) atoms. The second kappa shape index (κ2) is 13.0. The first-order chi connectivity index (χ1) is 7.77. The van der Waals surface area contributed by atoms with Crippen LogP contribution in [0.3, 0.4) is 0 Å². The first-order valence-electron chi connectivity index (χ1n) is 7.21. The zero-order valence-electron chi connectivity index (χ0n) is 11.6. The molecule has 0 aliphatic rings. The van der Waals surface area contributed by atoms with Crippen molar-refractivity contribution in [3.8, 4) is 0 Å². The van der Waals surface area contributed by atoms with Gasteiger partial charge in [-0.05, 0) is 32.5 Å². The molecule has 0 amide bonds. The Morgan fingerprint density at radius 3 is 2.06 bits per heavy atom. The van der Waals surface area contributed by atoms with Crippen molar-refractivity contribution in [2.24, 2.45) is 0 Å². The predicted molar refractivity (Wildman–Crippen MR) is 74.0 cm³/mol. The van der Waals surface area contributed by atoms with E-state index in [2.05, 4.69) is 31.4 Å². The van der Waals surface area contributed by atoms with Crippen molar-refractivity contribution in [3.05, 3.63) is 0 Å². The summed E-state index contributed by atoms with van der Waals surface area (Å²) in [6.45, 7) is 10.2. The van der Waals surface area contributed by atoms with E-state index in [0.717, 1.165) is 13.1 Å². The minimum absolute atomic E-state index is 0.624. The highest BCUT2D eigenvalue weighted by atomic mass is 14.9. The third-order valence-electron chi connectivity index (χ3n) is 2.79. The largest absolute Gasteiger partial charge is 0.317 e. The summed E-state index contributed by atoms with van der Waals surface area (Å²) < 4.78 is 0. The first-order valence-corrected chi connectivity index (χ1v) is 7.21. The quantitative estimate of drug-likeness (QED) is 0.501. The van der Waals surface area contributed by atoms with Crippen LogP contribution >= 0.6 is 0 Å². The van der Waals surface area contributed by atoms with Crippen LogP contribution in [0.1, 0.15) is 65.7 Å². The fourth-order valence-corrected chi connectivity index (χ4v) is 1.76. The summed E-state index contributed by atoms with van der Waals surface area (Å²) in [6.07, 6.45) is 9.60. The summed E-state index contributed by atoms with van der Waals surface area (Å²) >= 11 is 0. The van der Waals surface area contributed by atoms with E-state index in [1.807, 2.05) is 0 Å². The average molecular weight is 228 g/mol. The Labute approximate surface area is 103 Å². The molecule has 0 aromatic carbocycles. The molecule has 0 unspecified atom stereocenters. The Bertz CT molecular complexity index is 124. The summed E-state index contributed by atoms with van der Waals surface area (Å²) in [4.78, 5) is 0. The van der Waals surface area contributed by atoms with Gasteiger partial charge in [0, 0.05) is 6.04 Å². The molecule has 0 aromatic heterocycles. The Morgan fingerprint density at radius 2 is 1.38 bits per heavy atom. The number of nitrogens with one attached hydrogen (secondary N) is 2. The molecule has 2 heteroatoms. The molecule has 0 saturated heterocycles. The van der Waals surface area contributed by atoms with Gasteiger partial charge in [0.15, 0.2) is 0 Å². The van der Waals surface area contributed by atoms with Crippen LogP contribution in [0.2, 0.25) is 0 Å². The number of rotatable bonds is 12. The van der Waals surface area contributed by atoms with Crippen LogP contribution in [0.15, 0.2) is 0 Å². The van der Waals surface area contributed by atoms with Gasteiger partial charge >= 0.3 is 0 Å². The average Bonchev–Trinajstić information content (AvgIpc) is 2.25. The van der Waals surface area contributed by atoms with E-state index < -0.39 is 0 Å². The number of hydrogen-bond donors (Lipinski definition) is 2. The van der Waals surface area contributed by atoms with Gasteiger partial charge in [-0.2, -0.15) is 0 Å². The van der Waals surface area contributed by atoms with E-state index in [9.17, 15) is 0 Å². The molecule has 98 valence electrons. The van der Waals surface area contributed by atoms with Crippen molar-refractivity contribution in [2.75, 3.05) is 19.6 Å². The maximum atomic E-state index is 3.51. The second-order valence-corrected chi connectivity index (χ2v) is 4.98. The molecule has 0 rings (SSSR count). The van der Waals surface area contributed by atoms with Crippen LogP contribution in [0.25, 0.3) is 0 Å². The van der Waals surface area contributed by atoms with E-state index in [1.54, 1.807) is 0 Å². The van der Waals surface area contributed by atoms with Gasteiger partial charge in [0.05, 0.1) is 0 Å². The standard InChI is InChI=1S/C14H32N2/c1-4-5-6-7-8-9-11-15-12-10-13-16-14(2)3/h14-16H,4-13H2,1-3H3. The third-order valence-corrected chi connectivity index (χ3v) is 2.79. The first kappa shape index (κ1) is 15.9. The Hall–Kier alpha value is -0.0800. The van der Waals surface area contributed by atoms with Crippen molar-refractivity contribution in [1.82, 2.24) is 10.6 Å². The lowest BCUT2D eigenvalue weighted by Crippen LogP contribution is -2.27. The predicted octanol–water partition coefficient (Wildman–Crippen LogP) is 3.32. The topological polar surface area (TPSA) is 24.1 Å². The number of unbranched alkanes of at least 4 members (excludes halogenated alkanes) is 5. The van der Waals surface area contributed by atoms with Crippen LogP contribution in [-0.4, -0.2) is 25.7 Å². The van der Waals surface area contributed by atoms with Gasteiger partial charge in [-0.1, -0.05) is 52.9 Å². The molecule has 0 atom stereocenters. The molecule has 2 N–H and O–H groups in total. The monoisotopic (exact) mass is 228 g/mol. The molecule has 0 spiro atoms. The second-order valence-electron chi connectivity index (χ2n) is 4.98. The molecule has 2 nitrogen and oxygen atoms in total. The molecule has 0 aromatic rings. The highest BCUT2D eigenvalue weighted by molar-refractivity contribution is 4.55. The van der Waals surface area contributed by atoms with Crippen molar-refractivity contribution in [1.29, 1.82) is 0 Å². The summed E-state index contributed by atoms with van der Waals surface area (Å²) in [7, 11) is 0. The molecule has 0 heterocycles. The van der Waals surface area contributed by atoms with Gasteiger partial charge in [0.25, 0.3) is 0 Å². The molecule has 0 saturated carbocycles. The third kappa shape index (κ3) is 13.9. The molecular formula is C14H32N2. The lowest BCUT2D eigenvalue weighted by molar-refractivity contribution is 0.532. The minimum atomic E-state index is 0.624. The van der Waals surface area contributed by atoms with Crippen molar-refractivity contribution >= 4 is 0 Å². The molecule has 0 bridgehead atoms. The van der Waals surface area contributed by atoms with E-state index in [0.29, 0.717) is 6.04 Å². The van der Waals surface area contributed by atoms with Crippen LogP contribution in [0, 0.1) is 0 Å². The van der Waals surface area contributed by atoms with Crippen LogP contribution in [0.4, 0.5) is 0 Å². The van der Waals surface area contributed by atoms with E-state index >= 15 is 0 Å². The minimum Gasteiger partial charge on any atom is -0.317 e. The zero-order valence-corrected chi connectivity index (χ0v) is 11.6. The maximum Gasteiger partial charge on any atom is 0.00103 e. The van der Waals surface area contributed by atoms with Gasteiger partial charge in [-0.25, -0.2) is 0 Å². The van der Waals surface area contributed by atoms with Crippen molar-refractivity contribution in [3.63, 3.8) is 0 Å². The Kier molecular flexibility index (Phi) is 12.9. The van der Waals surface area contributed by atoms with Gasteiger partial charge in [0.2, 0.25) is 0 Å². The summed E-state index contributed by atoms with van der Waals surface area (Å²) in [5.41, 5.74) is 0. The van der Waals surface area contributed by atoms with Gasteiger partial charge in [0.1, 0.15) is 0 Å². The fourth-order valence-electron chi connectivity index (χ4n) is 1.76. The SMILES string of the molecule is CCCCCCCCNCCCNC(C)C. The van der Waals surface area contributed by atoms with Crippen molar-refractivity contribution in [2.45, 2.75) is 71.8 Å². The summed E-state index contributed by atoms with van der Waals surface area (Å²) in [6, 6.07) is 0.624. The van der Waals surface area contributed by atoms with Crippen LogP contribution < -0.4 is 10.6 Å². The molecular weight excluding hydrogens is 196 g/mol. The molecule has 0 fully saturated rings. The molecule has 0 aliphatic heterocycles. The van der Waals surface area contributed by atoms with Crippen LogP contribution in [-0.2, 0) is 0 Å². The van der Waals surface area contributed by atoms with Crippen LogP contribution in [0.5, 0.6) is 0 Å². The van der Waals surface area contributed by atoms with E-state index in [4.69, 9.17) is 0 Å². The van der Waals surface area contributed by atoms with Gasteiger partial charge in [-0.15, -0.1) is 0 Å². The zero-order chi connectivity index (χ0) is 12.1. The number of hydrogen-bond acceptors (Lipinski definition) is 2. The highest BCUT2D eigenvalue weighted by Crippen LogP contribution is 2.03. The maximum absolute atomic E-state index is 3.51. The summed E-state index contributed by atoms with van der Waals surface area (Å²) in [5.74, 6) is 0. The normalized spacial score (nSPS) is 11.2. The highest BCUT2D eigenvalue weighted by Gasteiger charge is 1.92. The van der Waals surface area contributed by atoms with E-state index in [-0.39, 0.29) is 0 Å². The van der Waals surface area contributed by atoms with Gasteiger partial charge < -0.3 is 10.6 Å². The van der Waals surface area contributed by atoms with E-state index in [1.165, 1.54) is 51.5 Å². The smallest absolute Gasteiger partial charge is 0.00103 e. The fraction of sp³-hybridized carbons (Fsp3) is 1.00. The Balaban J connectivity index is 2.88. The summed E-state index contributed by atoms with van der Waals surface area (Å²) in [5, 5.41) is 6.94. The lowest BCUT2D eigenvalue weighted by Gasteiger charge is -2.08. The molecule has 0 radical (unpaired) electrons. The van der Waals surface area contributed by atoms with Crippen molar-refractivity contribution < 1.29 is 0 Å². The molecule has 0 aliphatic carbocycles. The Morgan fingerprint density at radius 1 is 0.750 bits per heavy atom. The van der Waals surface area contributed by atoms with Gasteiger partial charge in [-0.3, -0.25) is 0 Å².